The molecule has 144 valence electrons. The first-order chi connectivity index (χ1) is 12.9. The van der Waals surface area contributed by atoms with Crippen LogP contribution in [0.2, 0.25) is 0 Å². The summed E-state index contributed by atoms with van der Waals surface area (Å²) in [6, 6.07) is 11.8. The molecule has 0 unspecified atom stereocenters. The van der Waals surface area contributed by atoms with Crippen molar-refractivity contribution in [3.05, 3.63) is 59.7 Å². The van der Waals surface area contributed by atoms with Gasteiger partial charge in [-0.3, -0.25) is 0 Å². The quantitative estimate of drug-likeness (QED) is 0.549. The van der Waals surface area contributed by atoms with Gasteiger partial charge in [-0.05, 0) is 36.9 Å². The molecule has 0 bridgehead atoms. The summed E-state index contributed by atoms with van der Waals surface area (Å²) in [6.07, 6.45) is 2.70. The number of methoxy groups -OCH3 is 2. The number of hydrogen-bond donors (Lipinski definition) is 1. The summed E-state index contributed by atoms with van der Waals surface area (Å²) in [5, 5.41) is 0. The number of hydrogen-bond acceptors (Lipinski definition) is 6. The third-order valence-electron chi connectivity index (χ3n) is 3.72. The molecule has 2 aromatic rings. The van der Waals surface area contributed by atoms with Crippen LogP contribution in [-0.4, -0.2) is 35.7 Å². The van der Waals surface area contributed by atoms with Crippen molar-refractivity contribution in [1.29, 1.82) is 0 Å². The summed E-state index contributed by atoms with van der Waals surface area (Å²) in [5.74, 6) is 0.279. The maximum Gasteiger partial charge on any atom is 0.331 e. The molecule has 0 spiro atoms. The van der Waals surface area contributed by atoms with Crippen LogP contribution in [0.4, 0.5) is 0 Å². The van der Waals surface area contributed by atoms with Crippen LogP contribution in [-0.2, 0) is 26.2 Å². The SMILES string of the molecule is CNS(=O)(=O)c1cc(/C=C/C(=O)OCc2ccccc2OC)ccc1OC. The number of benzene rings is 2. The highest BCUT2D eigenvalue weighted by Crippen LogP contribution is 2.25. The number of sulfonamides is 1. The molecule has 0 aliphatic rings. The van der Waals surface area contributed by atoms with Crippen molar-refractivity contribution >= 4 is 22.1 Å². The van der Waals surface area contributed by atoms with Crippen LogP contribution in [0.25, 0.3) is 6.08 Å². The van der Waals surface area contributed by atoms with Crippen molar-refractivity contribution in [2.75, 3.05) is 21.3 Å². The van der Waals surface area contributed by atoms with E-state index < -0.39 is 16.0 Å². The molecular weight excluding hydrogens is 370 g/mol. The number of esters is 1. The zero-order valence-corrected chi connectivity index (χ0v) is 16.1. The average molecular weight is 391 g/mol. The van der Waals surface area contributed by atoms with Gasteiger partial charge in [-0.2, -0.15) is 0 Å². The van der Waals surface area contributed by atoms with Crippen LogP contribution in [0.15, 0.2) is 53.4 Å². The van der Waals surface area contributed by atoms with E-state index >= 15 is 0 Å². The number of para-hydroxylation sites is 1. The summed E-state index contributed by atoms with van der Waals surface area (Å²) in [4.78, 5) is 11.9. The molecule has 0 amide bonds. The first kappa shape index (κ1) is 20.5. The lowest BCUT2D eigenvalue weighted by Gasteiger charge is -2.09. The van der Waals surface area contributed by atoms with E-state index in [1.165, 1.54) is 38.4 Å². The Kier molecular flexibility index (Phi) is 6.98. The second-order valence-electron chi connectivity index (χ2n) is 5.37. The topological polar surface area (TPSA) is 90.9 Å². The summed E-state index contributed by atoms with van der Waals surface area (Å²) in [5.41, 5.74) is 1.26. The highest BCUT2D eigenvalue weighted by molar-refractivity contribution is 7.89. The molecule has 2 rings (SSSR count). The number of rotatable bonds is 8. The molecule has 0 fully saturated rings. The van der Waals surface area contributed by atoms with Gasteiger partial charge in [-0.25, -0.2) is 17.9 Å². The van der Waals surface area contributed by atoms with Gasteiger partial charge < -0.3 is 14.2 Å². The normalized spacial score (nSPS) is 11.4. The predicted octanol–water partition coefficient (Wildman–Crippen LogP) is 2.37. The van der Waals surface area contributed by atoms with E-state index in [9.17, 15) is 13.2 Å². The smallest absolute Gasteiger partial charge is 0.331 e. The minimum atomic E-state index is -3.69. The average Bonchev–Trinajstić information content (AvgIpc) is 2.70. The Balaban J connectivity index is 2.11. The van der Waals surface area contributed by atoms with Crippen molar-refractivity contribution in [3.63, 3.8) is 0 Å². The number of nitrogens with one attached hydrogen (secondary N) is 1. The fourth-order valence-corrected chi connectivity index (χ4v) is 3.23. The second-order valence-corrected chi connectivity index (χ2v) is 7.23. The molecule has 0 aliphatic heterocycles. The second kappa shape index (κ2) is 9.20. The van der Waals surface area contributed by atoms with Crippen molar-refractivity contribution in [3.8, 4) is 11.5 Å². The molecule has 0 aromatic heterocycles. The van der Waals surface area contributed by atoms with Crippen molar-refractivity contribution in [1.82, 2.24) is 4.72 Å². The van der Waals surface area contributed by atoms with Gasteiger partial charge in [-0.1, -0.05) is 24.3 Å². The lowest BCUT2D eigenvalue weighted by molar-refractivity contribution is -0.138. The third-order valence-corrected chi connectivity index (χ3v) is 5.16. The van der Waals surface area contributed by atoms with Gasteiger partial charge in [0.05, 0.1) is 14.2 Å². The maximum atomic E-state index is 12.1. The summed E-state index contributed by atoms with van der Waals surface area (Å²) in [7, 11) is 0.543. The minimum Gasteiger partial charge on any atom is -0.496 e. The lowest BCUT2D eigenvalue weighted by Crippen LogP contribution is -2.19. The zero-order chi connectivity index (χ0) is 19.9. The molecule has 8 heteroatoms. The van der Waals surface area contributed by atoms with Crippen LogP contribution in [0.5, 0.6) is 11.5 Å². The van der Waals surface area contributed by atoms with E-state index in [4.69, 9.17) is 14.2 Å². The Morgan fingerprint density at radius 3 is 2.44 bits per heavy atom. The fourth-order valence-electron chi connectivity index (χ4n) is 2.30. The molecule has 2 aromatic carbocycles. The van der Waals surface area contributed by atoms with Crippen molar-refractivity contribution in [2.45, 2.75) is 11.5 Å². The summed E-state index contributed by atoms with van der Waals surface area (Å²) < 4.78 is 41.9. The number of carbonyl (C=O) groups excluding carboxylic acids is 1. The Morgan fingerprint density at radius 2 is 1.78 bits per heavy atom. The number of carbonyl (C=O) groups is 1. The monoisotopic (exact) mass is 391 g/mol. The number of ether oxygens (including phenoxy) is 3. The van der Waals surface area contributed by atoms with Crippen molar-refractivity contribution in [2.24, 2.45) is 0 Å². The van der Waals surface area contributed by atoms with Gasteiger partial charge in [-0.15, -0.1) is 0 Å². The fraction of sp³-hybridized carbons (Fsp3) is 0.211. The molecule has 7 nitrogen and oxygen atoms in total. The maximum absolute atomic E-state index is 12.1. The molecule has 0 heterocycles. The van der Waals surface area contributed by atoms with E-state index in [0.29, 0.717) is 11.3 Å². The van der Waals surface area contributed by atoms with E-state index in [2.05, 4.69) is 4.72 Å². The Hall–Kier alpha value is -2.84. The van der Waals surface area contributed by atoms with Gasteiger partial charge in [0.2, 0.25) is 10.0 Å². The summed E-state index contributed by atoms with van der Waals surface area (Å²) >= 11 is 0. The van der Waals surface area contributed by atoms with Gasteiger partial charge in [0.15, 0.2) is 0 Å². The molecular formula is C19H21NO6S. The Labute approximate surface area is 158 Å². The van der Waals surface area contributed by atoms with Crippen molar-refractivity contribution < 1.29 is 27.4 Å². The first-order valence-electron chi connectivity index (χ1n) is 7.99. The van der Waals surface area contributed by atoms with Crippen LogP contribution < -0.4 is 14.2 Å². The predicted molar refractivity (Wildman–Crippen MR) is 101 cm³/mol. The van der Waals surface area contributed by atoms with Gasteiger partial charge >= 0.3 is 5.97 Å². The summed E-state index contributed by atoms with van der Waals surface area (Å²) in [6.45, 7) is 0.0647. The molecule has 27 heavy (non-hydrogen) atoms. The standard InChI is InChI=1S/C19H21NO6S/c1-20-27(22,23)18-12-14(8-10-17(18)25-3)9-11-19(21)26-13-15-6-4-5-7-16(15)24-2/h4-12,20H,13H2,1-3H3/b11-9+. The Morgan fingerprint density at radius 1 is 1.07 bits per heavy atom. The Bertz CT molecular complexity index is 937. The zero-order valence-electron chi connectivity index (χ0n) is 15.3. The third kappa shape index (κ3) is 5.32. The van der Waals surface area contributed by atoms with E-state index in [-0.39, 0.29) is 17.3 Å². The van der Waals surface area contributed by atoms with E-state index in [1.54, 1.807) is 25.3 Å². The van der Waals surface area contributed by atoms with E-state index in [1.807, 2.05) is 12.1 Å². The van der Waals surface area contributed by atoms with Crippen LogP contribution in [0, 0.1) is 0 Å². The molecule has 0 atom stereocenters. The van der Waals surface area contributed by atoms with Crippen LogP contribution in [0.3, 0.4) is 0 Å². The van der Waals surface area contributed by atoms with E-state index in [0.717, 1.165) is 5.56 Å². The van der Waals surface area contributed by atoms with Crippen LogP contribution >= 0.6 is 0 Å². The lowest BCUT2D eigenvalue weighted by atomic mass is 10.2. The molecule has 1 N–H and O–H groups in total. The van der Waals surface area contributed by atoms with Crippen LogP contribution in [0.1, 0.15) is 11.1 Å². The highest BCUT2D eigenvalue weighted by atomic mass is 32.2. The van der Waals surface area contributed by atoms with Gasteiger partial charge in [0, 0.05) is 11.6 Å². The molecule has 0 aliphatic carbocycles. The molecule has 0 saturated heterocycles. The minimum absolute atomic E-state index is 0.0166. The molecule has 0 saturated carbocycles. The van der Waals surface area contributed by atoms with Gasteiger partial charge in [0.25, 0.3) is 0 Å². The highest BCUT2D eigenvalue weighted by Gasteiger charge is 2.17. The molecule has 0 radical (unpaired) electrons. The largest absolute Gasteiger partial charge is 0.496 e. The van der Waals surface area contributed by atoms with Gasteiger partial charge in [0.1, 0.15) is 23.0 Å². The first-order valence-corrected chi connectivity index (χ1v) is 9.48.